The molecule has 0 bridgehead atoms. The minimum atomic E-state index is 0.427. The number of hydrogen-bond donors (Lipinski definition) is 1. The zero-order valence-corrected chi connectivity index (χ0v) is 13.3. The highest BCUT2D eigenvalue weighted by Gasteiger charge is 2.25. The third kappa shape index (κ3) is 5.40. The second-order valence-electron chi connectivity index (χ2n) is 5.67. The van der Waals surface area contributed by atoms with Crippen molar-refractivity contribution in [1.82, 2.24) is 10.2 Å². The van der Waals surface area contributed by atoms with Gasteiger partial charge in [0.1, 0.15) is 0 Å². The summed E-state index contributed by atoms with van der Waals surface area (Å²) in [5.74, 6) is 0. The number of rotatable bonds is 8. The highest BCUT2D eigenvalue weighted by molar-refractivity contribution is 5.20. The van der Waals surface area contributed by atoms with Crippen molar-refractivity contribution in [3.8, 4) is 0 Å². The van der Waals surface area contributed by atoms with Crippen LogP contribution >= 0.6 is 0 Å². The van der Waals surface area contributed by atoms with Crippen molar-refractivity contribution in [2.75, 3.05) is 46.6 Å². The highest BCUT2D eigenvalue weighted by Crippen LogP contribution is 2.19. The Hall–Kier alpha value is -0.940. The molecule has 2 atom stereocenters. The van der Waals surface area contributed by atoms with Gasteiger partial charge in [-0.1, -0.05) is 30.3 Å². The summed E-state index contributed by atoms with van der Waals surface area (Å²) in [5, 5.41) is 3.63. The van der Waals surface area contributed by atoms with Crippen molar-refractivity contribution in [1.29, 1.82) is 0 Å². The summed E-state index contributed by atoms with van der Waals surface area (Å²) in [6.07, 6.45) is 0.972. The Morgan fingerprint density at radius 3 is 2.76 bits per heavy atom. The molecule has 1 aliphatic heterocycles. The molecule has 0 spiro atoms. The molecule has 1 heterocycles. The topological polar surface area (TPSA) is 33.7 Å². The summed E-state index contributed by atoms with van der Waals surface area (Å²) < 4.78 is 10.7. The van der Waals surface area contributed by atoms with Gasteiger partial charge < -0.3 is 14.8 Å². The maximum absolute atomic E-state index is 5.69. The minimum absolute atomic E-state index is 0.427. The number of nitrogens with one attached hydrogen (secondary N) is 1. The van der Waals surface area contributed by atoms with Gasteiger partial charge in [-0.05, 0) is 18.9 Å². The number of ether oxygens (including phenoxy) is 2. The van der Waals surface area contributed by atoms with E-state index in [0.29, 0.717) is 12.1 Å². The summed E-state index contributed by atoms with van der Waals surface area (Å²) in [4.78, 5) is 2.52. The lowest BCUT2D eigenvalue weighted by Crippen LogP contribution is -2.52. The number of hydrogen-bond acceptors (Lipinski definition) is 4. The zero-order valence-electron chi connectivity index (χ0n) is 13.3. The predicted octanol–water partition coefficient (Wildman–Crippen LogP) is 2.07. The van der Waals surface area contributed by atoms with Crippen LogP contribution in [0.5, 0.6) is 0 Å². The molecule has 0 aromatic heterocycles. The molecule has 0 aliphatic carbocycles. The lowest BCUT2D eigenvalue weighted by Gasteiger charge is -2.39. The summed E-state index contributed by atoms with van der Waals surface area (Å²) in [7, 11) is 1.73. The molecule has 4 nitrogen and oxygen atoms in total. The number of piperazine rings is 1. The summed E-state index contributed by atoms with van der Waals surface area (Å²) in [6, 6.07) is 11.7. The van der Waals surface area contributed by atoms with Gasteiger partial charge in [0.2, 0.25) is 0 Å². The summed E-state index contributed by atoms with van der Waals surface area (Å²) in [5.41, 5.74) is 1.37. The van der Waals surface area contributed by atoms with E-state index < -0.39 is 0 Å². The van der Waals surface area contributed by atoms with E-state index >= 15 is 0 Å². The van der Waals surface area contributed by atoms with Gasteiger partial charge in [0, 0.05) is 52.0 Å². The Balaban J connectivity index is 1.74. The summed E-state index contributed by atoms with van der Waals surface area (Å²) in [6.45, 7) is 7.72. The minimum Gasteiger partial charge on any atom is -0.385 e. The van der Waals surface area contributed by atoms with Gasteiger partial charge in [-0.2, -0.15) is 0 Å². The molecule has 4 heteroatoms. The van der Waals surface area contributed by atoms with Crippen LogP contribution in [0, 0.1) is 0 Å². The van der Waals surface area contributed by atoms with Gasteiger partial charge in [-0.3, -0.25) is 4.90 Å². The SMILES string of the molecule is COCCCOCCN1CC(c2ccccc2)NCC1C. The largest absolute Gasteiger partial charge is 0.385 e. The predicted molar refractivity (Wildman–Crippen MR) is 85.5 cm³/mol. The van der Waals surface area contributed by atoms with Crippen molar-refractivity contribution in [2.45, 2.75) is 25.4 Å². The van der Waals surface area contributed by atoms with E-state index in [2.05, 4.69) is 47.5 Å². The Kier molecular flexibility index (Phi) is 7.16. The molecule has 1 aromatic carbocycles. The van der Waals surface area contributed by atoms with E-state index in [1.54, 1.807) is 7.11 Å². The van der Waals surface area contributed by atoms with Gasteiger partial charge in [0.25, 0.3) is 0 Å². The van der Waals surface area contributed by atoms with E-state index in [0.717, 1.165) is 45.9 Å². The molecule has 1 fully saturated rings. The molecular weight excluding hydrogens is 264 g/mol. The molecule has 21 heavy (non-hydrogen) atoms. The van der Waals surface area contributed by atoms with Crippen LogP contribution in [-0.4, -0.2) is 57.5 Å². The maximum atomic E-state index is 5.69. The van der Waals surface area contributed by atoms with Crippen molar-refractivity contribution in [2.24, 2.45) is 0 Å². The van der Waals surface area contributed by atoms with Crippen molar-refractivity contribution in [3.05, 3.63) is 35.9 Å². The average molecular weight is 292 g/mol. The first-order chi connectivity index (χ1) is 10.3. The van der Waals surface area contributed by atoms with Gasteiger partial charge in [0.05, 0.1) is 6.61 Å². The fourth-order valence-electron chi connectivity index (χ4n) is 2.73. The van der Waals surface area contributed by atoms with Gasteiger partial charge >= 0.3 is 0 Å². The molecule has 1 N–H and O–H groups in total. The van der Waals surface area contributed by atoms with Crippen LogP contribution < -0.4 is 5.32 Å². The zero-order chi connectivity index (χ0) is 14.9. The highest BCUT2D eigenvalue weighted by atomic mass is 16.5. The van der Waals surface area contributed by atoms with Crippen LogP contribution in [0.3, 0.4) is 0 Å². The van der Waals surface area contributed by atoms with E-state index in [1.807, 2.05) is 0 Å². The number of methoxy groups -OCH3 is 1. The van der Waals surface area contributed by atoms with Crippen molar-refractivity contribution < 1.29 is 9.47 Å². The van der Waals surface area contributed by atoms with E-state index in [-0.39, 0.29) is 0 Å². The maximum Gasteiger partial charge on any atom is 0.0593 e. The number of benzene rings is 1. The molecule has 1 aromatic rings. The Morgan fingerprint density at radius 1 is 1.19 bits per heavy atom. The lowest BCUT2D eigenvalue weighted by atomic mass is 10.0. The fraction of sp³-hybridized carbons (Fsp3) is 0.647. The van der Waals surface area contributed by atoms with Crippen LogP contribution in [0.4, 0.5) is 0 Å². The van der Waals surface area contributed by atoms with Gasteiger partial charge in [-0.25, -0.2) is 0 Å². The third-order valence-corrected chi connectivity index (χ3v) is 4.06. The van der Waals surface area contributed by atoms with E-state index in [1.165, 1.54) is 5.56 Å². The standard InChI is InChI=1S/C17H28N2O2/c1-15-13-18-17(16-7-4-3-5-8-16)14-19(15)9-12-21-11-6-10-20-2/h3-5,7-8,15,17-18H,6,9-14H2,1-2H3. The monoisotopic (exact) mass is 292 g/mol. The fourth-order valence-corrected chi connectivity index (χ4v) is 2.73. The van der Waals surface area contributed by atoms with Crippen LogP contribution in [0.15, 0.2) is 30.3 Å². The molecule has 118 valence electrons. The molecular formula is C17H28N2O2. The molecule has 2 rings (SSSR count). The molecule has 0 saturated carbocycles. The molecule has 1 saturated heterocycles. The van der Waals surface area contributed by atoms with Crippen molar-refractivity contribution in [3.63, 3.8) is 0 Å². The Morgan fingerprint density at radius 2 is 2.00 bits per heavy atom. The van der Waals surface area contributed by atoms with Crippen LogP contribution in [0.2, 0.25) is 0 Å². The first kappa shape index (κ1) is 16.4. The van der Waals surface area contributed by atoms with Gasteiger partial charge in [-0.15, -0.1) is 0 Å². The quantitative estimate of drug-likeness (QED) is 0.744. The van der Waals surface area contributed by atoms with E-state index in [4.69, 9.17) is 9.47 Å². The molecule has 1 aliphatic rings. The first-order valence-corrected chi connectivity index (χ1v) is 7.90. The van der Waals surface area contributed by atoms with Crippen molar-refractivity contribution >= 4 is 0 Å². The molecule has 0 radical (unpaired) electrons. The van der Waals surface area contributed by atoms with Crippen LogP contribution in [0.1, 0.15) is 24.9 Å². The lowest BCUT2D eigenvalue weighted by molar-refractivity contribution is 0.0601. The van der Waals surface area contributed by atoms with E-state index in [9.17, 15) is 0 Å². The first-order valence-electron chi connectivity index (χ1n) is 7.90. The Labute approximate surface area is 128 Å². The Bertz CT molecular complexity index is 386. The molecule has 0 amide bonds. The van der Waals surface area contributed by atoms with Gasteiger partial charge in [0.15, 0.2) is 0 Å². The average Bonchev–Trinajstić information content (AvgIpc) is 2.53. The second-order valence-corrected chi connectivity index (χ2v) is 5.67. The van der Waals surface area contributed by atoms with Crippen LogP contribution in [0.25, 0.3) is 0 Å². The summed E-state index contributed by atoms with van der Waals surface area (Å²) >= 11 is 0. The third-order valence-electron chi connectivity index (χ3n) is 4.06. The second kappa shape index (κ2) is 9.15. The number of nitrogens with zero attached hydrogens (tertiary/aromatic N) is 1. The van der Waals surface area contributed by atoms with Crippen LogP contribution in [-0.2, 0) is 9.47 Å². The molecule has 2 unspecified atom stereocenters. The smallest absolute Gasteiger partial charge is 0.0593 e. The normalized spacial score (nSPS) is 23.3.